The van der Waals surface area contributed by atoms with Crippen LogP contribution < -0.4 is 5.73 Å². The molecule has 0 saturated heterocycles. The van der Waals surface area contributed by atoms with E-state index < -0.39 is 0 Å². The van der Waals surface area contributed by atoms with E-state index in [9.17, 15) is 0 Å². The molecule has 0 saturated carbocycles. The Kier molecular flexibility index (Phi) is 3.20. The van der Waals surface area contributed by atoms with Crippen LogP contribution in [0.4, 0.5) is 5.82 Å². The summed E-state index contributed by atoms with van der Waals surface area (Å²) in [7, 11) is 0. The molecule has 0 spiro atoms. The van der Waals surface area contributed by atoms with Gasteiger partial charge >= 0.3 is 0 Å². The van der Waals surface area contributed by atoms with Gasteiger partial charge in [-0.3, -0.25) is 0 Å². The highest BCUT2D eigenvalue weighted by atomic mass is 14.9. The number of hydrogen-bond acceptors (Lipinski definition) is 3. The van der Waals surface area contributed by atoms with E-state index in [1.54, 1.807) is 0 Å². The summed E-state index contributed by atoms with van der Waals surface area (Å²) in [6.45, 7) is 10.6. The Morgan fingerprint density at radius 2 is 1.68 bits per heavy atom. The average molecular weight is 294 g/mol. The number of aromatic nitrogens is 3. The topological polar surface area (TPSA) is 67.6 Å². The summed E-state index contributed by atoms with van der Waals surface area (Å²) < 4.78 is 0. The molecule has 0 aliphatic carbocycles. The van der Waals surface area contributed by atoms with E-state index in [2.05, 4.69) is 61.7 Å². The van der Waals surface area contributed by atoms with Crippen LogP contribution in [-0.2, 0) is 5.41 Å². The van der Waals surface area contributed by atoms with E-state index in [0.717, 1.165) is 28.1 Å². The van der Waals surface area contributed by atoms with Crippen LogP contribution in [0.25, 0.3) is 22.4 Å². The smallest absolute Gasteiger partial charge is 0.142 e. The third kappa shape index (κ3) is 2.45. The zero-order chi connectivity index (χ0) is 16.1. The lowest BCUT2D eigenvalue weighted by atomic mass is 9.91. The fourth-order valence-electron chi connectivity index (χ4n) is 2.49. The van der Waals surface area contributed by atoms with Crippen molar-refractivity contribution < 1.29 is 0 Å². The van der Waals surface area contributed by atoms with Crippen molar-refractivity contribution in [2.24, 2.45) is 0 Å². The van der Waals surface area contributed by atoms with Gasteiger partial charge in [0.2, 0.25) is 0 Å². The molecule has 0 bridgehead atoms. The van der Waals surface area contributed by atoms with Crippen LogP contribution in [0, 0.1) is 13.8 Å². The number of aromatic amines is 1. The molecule has 0 aliphatic rings. The Morgan fingerprint density at radius 3 is 2.32 bits per heavy atom. The van der Waals surface area contributed by atoms with Gasteiger partial charge in [0.05, 0.1) is 16.6 Å². The molecule has 3 N–H and O–H groups in total. The second kappa shape index (κ2) is 4.83. The number of nitrogens with zero attached hydrogens (tertiary/aromatic N) is 2. The molecular weight excluding hydrogens is 272 g/mol. The maximum Gasteiger partial charge on any atom is 0.142 e. The van der Waals surface area contributed by atoms with Gasteiger partial charge in [-0.25, -0.2) is 9.97 Å². The summed E-state index contributed by atoms with van der Waals surface area (Å²) in [5.74, 6) is 1.28. The van der Waals surface area contributed by atoms with Crippen LogP contribution >= 0.6 is 0 Å². The first-order valence-corrected chi connectivity index (χ1v) is 7.50. The number of nitrogen functional groups attached to an aromatic ring is 1. The van der Waals surface area contributed by atoms with Gasteiger partial charge in [0.15, 0.2) is 0 Å². The third-order valence-corrected chi connectivity index (χ3v) is 4.05. The summed E-state index contributed by atoms with van der Waals surface area (Å²) in [4.78, 5) is 12.6. The van der Waals surface area contributed by atoms with Gasteiger partial charge in [-0.2, -0.15) is 0 Å². The van der Waals surface area contributed by atoms with Gasteiger partial charge in [-0.1, -0.05) is 20.8 Å². The Balaban J connectivity index is 2.11. The lowest BCUT2D eigenvalue weighted by molar-refractivity contribution is 0.570. The Morgan fingerprint density at radius 1 is 1.00 bits per heavy atom. The molecule has 2 aromatic heterocycles. The van der Waals surface area contributed by atoms with Crippen LogP contribution in [0.5, 0.6) is 0 Å². The predicted octanol–water partition coefficient (Wildman–Crippen LogP) is 4.12. The Bertz CT molecular complexity index is 814. The van der Waals surface area contributed by atoms with Crippen LogP contribution in [0.3, 0.4) is 0 Å². The summed E-state index contributed by atoms with van der Waals surface area (Å²) >= 11 is 0. The van der Waals surface area contributed by atoms with Gasteiger partial charge in [-0.05, 0) is 49.2 Å². The maximum absolute atomic E-state index is 6.16. The van der Waals surface area contributed by atoms with Gasteiger partial charge < -0.3 is 10.7 Å². The molecule has 0 fully saturated rings. The first kappa shape index (κ1) is 14.6. The number of imidazole rings is 1. The molecule has 1 aromatic carbocycles. The second-order valence-electron chi connectivity index (χ2n) is 6.92. The lowest BCUT2D eigenvalue weighted by Gasteiger charge is -2.18. The molecule has 0 unspecified atom stereocenters. The minimum atomic E-state index is -0.0191. The van der Waals surface area contributed by atoms with Crippen molar-refractivity contribution in [1.82, 2.24) is 15.0 Å². The first-order valence-electron chi connectivity index (χ1n) is 7.50. The van der Waals surface area contributed by atoms with E-state index in [1.807, 2.05) is 12.1 Å². The highest BCUT2D eigenvalue weighted by Crippen LogP contribution is 2.29. The standard InChI is InChI=1S/C18H22N4/c1-10-8-13-14(9-11(10)2)21-17(20-13)12-6-7-15(18(3,4)5)22-16(12)19/h6-9H,1-5H3,(H2,19,22)(H,20,21). The fourth-order valence-corrected chi connectivity index (χ4v) is 2.49. The number of aryl methyl sites for hydroxylation is 2. The van der Waals surface area contributed by atoms with Gasteiger partial charge in [-0.15, -0.1) is 0 Å². The van der Waals surface area contributed by atoms with Crippen molar-refractivity contribution >= 4 is 16.9 Å². The Labute approximate surface area is 130 Å². The van der Waals surface area contributed by atoms with Crippen molar-refractivity contribution in [2.75, 3.05) is 5.73 Å². The average Bonchev–Trinajstić information content (AvgIpc) is 2.80. The van der Waals surface area contributed by atoms with Crippen molar-refractivity contribution in [3.8, 4) is 11.4 Å². The first-order chi connectivity index (χ1) is 10.3. The quantitative estimate of drug-likeness (QED) is 0.709. The molecule has 3 rings (SSSR count). The second-order valence-corrected chi connectivity index (χ2v) is 6.92. The third-order valence-electron chi connectivity index (χ3n) is 4.05. The van der Waals surface area contributed by atoms with Crippen LogP contribution in [0.2, 0.25) is 0 Å². The molecule has 4 heteroatoms. The predicted molar refractivity (Wildman–Crippen MR) is 91.9 cm³/mol. The van der Waals surface area contributed by atoms with E-state index in [1.165, 1.54) is 11.1 Å². The minimum absolute atomic E-state index is 0.0191. The van der Waals surface area contributed by atoms with Gasteiger partial charge in [0.25, 0.3) is 0 Å². The summed E-state index contributed by atoms with van der Waals surface area (Å²) in [5, 5.41) is 0. The maximum atomic E-state index is 6.16. The summed E-state index contributed by atoms with van der Waals surface area (Å²) in [6.07, 6.45) is 0. The molecule has 4 nitrogen and oxygen atoms in total. The van der Waals surface area contributed by atoms with E-state index in [4.69, 9.17) is 5.73 Å². The molecule has 2 heterocycles. The van der Waals surface area contributed by atoms with Crippen molar-refractivity contribution in [3.63, 3.8) is 0 Å². The number of anilines is 1. The number of pyridine rings is 1. The number of nitrogens with one attached hydrogen (secondary N) is 1. The largest absolute Gasteiger partial charge is 0.383 e. The molecule has 114 valence electrons. The van der Waals surface area contributed by atoms with Gasteiger partial charge in [0.1, 0.15) is 11.6 Å². The zero-order valence-corrected chi connectivity index (χ0v) is 13.8. The van der Waals surface area contributed by atoms with Crippen molar-refractivity contribution in [1.29, 1.82) is 0 Å². The minimum Gasteiger partial charge on any atom is -0.383 e. The number of hydrogen-bond donors (Lipinski definition) is 2. The van der Waals surface area contributed by atoms with E-state index >= 15 is 0 Å². The molecular formula is C18H22N4. The summed E-state index contributed by atoms with van der Waals surface area (Å²) in [6, 6.07) is 8.24. The number of nitrogens with two attached hydrogens (primary N) is 1. The molecule has 3 aromatic rings. The highest BCUT2D eigenvalue weighted by molar-refractivity contribution is 5.82. The SMILES string of the molecule is Cc1cc2nc(-c3ccc(C(C)(C)C)nc3N)[nH]c2cc1C. The normalized spacial score (nSPS) is 12.0. The van der Waals surface area contributed by atoms with Crippen LogP contribution in [0.1, 0.15) is 37.6 Å². The van der Waals surface area contributed by atoms with E-state index in [0.29, 0.717) is 5.82 Å². The number of rotatable bonds is 1. The molecule has 0 atom stereocenters. The zero-order valence-electron chi connectivity index (χ0n) is 13.8. The Hall–Kier alpha value is -2.36. The highest BCUT2D eigenvalue weighted by Gasteiger charge is 2.18. The lowest BCUT2D eigenvalue weighted by Crippen LogP contribution is -2.14. The summed E-state index contributed by atoms with van der Waals surface area (Å²) in [5.41, 5.74) is 12.4. The fraction of sp³-hybridized carbons (Fsp3) is 0.333. The number of fused-ring (bicyclic) bond motifs is 1. The number of H-pyrrole nitrogens is 1. The van der Waals surface area contributed by atoms with Gasteiger partial charge in [0, 0.05) is 11.1 Å². The molecule has 22 heavy (non-hydrogen) atoms. The monoisotopic (exact) mass is 294 g/mol. The molecule has 0 aliphatic heterocycles. The van der Waals surface area contributed by atoms with E-state index in [-0.39, 0.29) is 5.41 Å². The molecule has 0 radical (unpaired) electrons. The molecule has 0 amide bonds. The van der Waals surface area contributed by atoms with Crippen molar-refractivity contribution in [2.45, 2.75) is 40.0 Å². The van der Waals surface area contributed by atoms with Crippen LogP contribution in [-0.4, -0.2) is 15.0 Å². The van der Waals surface area contributed by atoms with Crippen molar-refractivity contribution in [3.05, 3.63) is 41.1 Å². The number of benzene rings is 1. The van der Waals surface area contributed by atoms with Crippen LogP contribution in [0.15, 0.2) is 24.3 Å².